The number of hydrogen-bond donors (Lipinski definition) is 1. The number of benzene rings is 2. The summed E-state index contributed by atoms with van der Waals surface area (Å²) in [7, 11) is 1.35. The summed E-state index contributed by atoms with van der Waals surface area (Å²) in [5.41, 5.74) is 4.35. The van der Waals surface area contributed by atoms with Crippen molar-refractivity contribution in [3.05, 3.63) is 59.2 Å². The number of ether oxygens (including phenoxy) is 3. The maximum absolute atomic E-state index is 13.4. The lowest BCUT2D eigenvalue weighted by atomic mass is 9.80. The number of rotatable bonds is 16. The van der Waals surface area contributed by atoms with E-state index in [2.05, 4.69) is 12.2 Å². The second kappa shape index (κ2) is 17.6. The number of methoxy groups -OCH3 is 1. The van der Waals surface area contributed by atoms with Crippen molar-refractivity contribution >= 4 is 23.6 Å². The zero-order valence-corrected chi connectivity index (χ0v) is 26.4. The van der Waals surface area contributed by atoms with Gasteiger partial charge in [0.1, 0.15) is 6.04 Å². The molecule has 2 unspecified atom stereocenters. The smallest absolute Gasteiger partial charge is 0.328 e. The van der Waals surface area contributed by atoms with Crippen LogP contribution < -0.4 is 5.32 Å². The quantitative estimate of drug-likeness (QED) is 0.166. The number of amides is 1. The van der Waals surface area contributed by atoms with Crippen LogP contribution in [0.1, 0.15) is 80.3 Å². The van der Waals surface area contributed by atoms with Crippen LogP contribution in [0, 0.1) is 18.8 Å². The molecule has 226 valence electrons. The SMILES string of the molecule is COC(=O)[C@H](CCSC)NC(=O)c1ccc(COC(C)COCCC(C)C2CCCCC2)cc1-c1ccccc1C. The van der Waals surface area contributed by atoms with E-state index in [1.807, 2.05) is 62.6 Å². The Labute approximate surface area is 251 Å². The predicted molar refractivity (Wildman–Crippen MR) is 168 cm³/mol. The maximum atomic E-state index is 13.4. The molecule has 0 saturated heterocycles. The van der Waals surface area contributed by atoms with Crippen LogP contribution in [0.5, 0.6) is 0 Å². The summed E-state index contributed by atoms with van der Waals surface area (Å²) in [5, 5.41) is 2.90. The number of carbonyl (C=O) groups excluding carboxylic acids is 2. The Bertz CT molecular complexity index is 1100. The standard InChI is InChI=1S/C34H49NO5S/c1-24(28-12-7-6-8-13-28)17-19-39-22-26(3)40-23-27-15-16-30(31(21-27)29-14-10-9-11-25(29)2)33(36)35-32(18-20-41-5)34(37)38-4/h9-11,14-16,21,24,26,28,32H,6-8,12-13,17-20,22-23H2,1-5H3,(H,35,36)/t24?,26?,32-/m0/s1. The van der Waals surface area contributed by atoms with Gasteiger partial charge in [-0.2, -0.15) is 11.8 Å². The normalized spacial score (nSPS) is 16.1. The first-order chi connectivity index (χ1) is 19.8. The lowest BCUT2D eigenvalue weighted by molar-refractivity contribution is -0.142. The van der Waals surface area contributed by atoms with Gasteiger partial charge in [0.2, 0.25) is 0 Å². The summed E-state index contributed by atoms with van der Waals surface area (Å²) in [6.45, 7) is 8.20. The molecule has 0 heterocycles. The Morgan fingerprint density at radius 1 is 1.02 bits per heavy atom. The fraction of sp³-hybridized carbons (Fsp3) is 0.588. The highest BCUT2D eigenvalue weighted by molar-refractivity contribution is 7.98. The average Bonchev–Trinajstić information content (AvgIpc) is 3.00. The zero-order valence-electron chi connectivity index (χ0n) is 25.6. The number of thioether (sulfide) groups is 1. The minimum absolute atomic E-state index is 0.0397. The maximum Gasteiger partial charge on any atom is 0.328 e. The van der Waals surface area contributed by atoms with Gasteiger partial charge in [0, 0.05) is 12.2 Å². The molecule has 1 fully saturated rings. The van der Waals surface area contributed by atoms with Gasteiger partial charge in [-0.1, -0.05) is 69.4 Å². The van der Waals surface area contributed by atoms with Crippen LogP contribution in [0.2, 0.25) is 0 Å². The Morgan fingerprint density at radius 2 is 1.78 bits per heavy atom. The summed E-state index contributed by atoms with van der Waals surface area (Å²) >= 11 is 1.62. The van der Waals surface area contributed by atoms with E-state index >= 15 is 0 Å². The van der Waals surface area contributed by atoms with Gasteiger partial charge >= 0.3 is 5.97 Å². The van der Waals surface area contributed by atoms with E-state index in [-0.39, 0.29) is 12.0 Å². The Kier molecular flexibility index (Phi) is 14.2. The van der Waals surface area contributed by atoms with Crippen molar-refractivity contribution in [2.24, 2.45) is 11.8 Å². The predicted octanol–water partition coefficient (Wildman–Crippen LogP) is 7.21. The topological polar surface area (TPSA) is 73.9 Å². The van der Waals surface area contributed by atoms with Crippen LogP contribution in [-0.4, -0.2) is 56.4 Å². The zero-order chi connectivity index (χ0) is 29.6. The van der Waals surface area contributed by atoms with Gasteiger partial charge < -0.3 is 19.5 Å². The van der Waals surface area contributed by atoms with Crippen LogP contribution >= 0.6 is 11.8 Å². The van der Waals surface area contributed by atoms with E-state index < -0.39 is 12.0 Å². The van der Waals surface area contributed by atoms with E-state index in [0.29, 0.717) is 25.2 Å². The van der Waals surface area contributed by atoms with Crippen molar-refractivity contribution in [1.82, 2.24) is 5.32 Å². The van der Waals surface area contributed by atoms with Crippen molar-refractivity contribution in [3.63, 3.8) is 0 Å². The molecule has 0 bridgehead atoms. The number of carbonyl (C=O) groups is 2. The van der Waals surface area contributed by atoms with E-state index in [1.165, 1.54) is 39.2 Å². The summed E-state index contributed by atoms with van der Waals surface area (Å²) in [4.78, 5) is 25.8. The molecule has 2 aromatic carbocycles. The fourth-order valence-electron chi connectivity index (χ4n) is 5.58. The average molecular weight is 584 g/mol. The van der Waals surface area contributed by atoms with Crippen molar-refractivity contribution in [2.45, 2.75) is 84.5 Å². The molecule has 0 radical (unpaired) electrons. The van der Waals surface area contributed by atoms with Crippen molar-refractivity contribution < 1.29 is 23.8 Å². The van der Waals surface area contributed by atoms with E-state index in [4.69, 9.17) is 14.2 Å². The molecule has 6 nitrogen and oxygen atoms in total. The largest absolute Gasteiger partial charge is 0.467 e. The van der Waals surface area contributed by atoms with E-state index in [0.717, 1.165) is 52.9 Å². The minimum atomic E-state index is -0.695. The van der Waals surface area contributed by atoms with Crippen molar-refractivity contribution in [2.75, 3.05) is 32.3 Å². The summed E-state index contributed by atoms with van der Waals surface area (Å²) in [6, 6.07) is 13.1. The lowest BCUT2D eigenvalue weighted by Crippen LogP contribution is -2.42. The third kappa shape index (κ3) is 10.5. The third-order valence-electron chi connectivity index (χ3n) is 8.22. The molecule has 3 atom stereocenters. The van der Waals surface area contributed by atoms with E-state index in [9.17, 15) is 9.59 Å². The van der Waals surface area contributed by atoms with Gasteiger partial charge in [0.05, 0.1) is 26.4 Å². The molecule has 0 aromatic heterocycles. The van der Waals surface area contributed by atoms with Crippen LogP contribution in [0.15, 0.2) is 42.5 Å². The lowest BCUT2D eigenvalue weighted by Gasteiger charge is -2.27. The molecule has 1 saturated carbocycles. The number of hydrogen-bond acceptors (Lipinski definition) is 6. The first-order valence-electron chi connectivity index (χ1n) is 15.1. The molecular formula is C34H49NO5S. The van der Waals surface area contributed by atoms with Crippen LogP contribution in [-0.2, 0) is 25.6 Å². The molecule has 1 amide bonds. The molecule has 1 N–H and O–H groups in total. The Balaban J connectivity index is 1.63. The molecule has 7 heteroatoms. The molecule has 1 aliphatic rings. The van der Waals surface area contributed by atoms with Gasteiger partial charge in [0.15, 0.2) is 0 Å². The monoisotopic (exact) mass is 583 g/mol. The Morgan fingerprint density at radius 3 is 2.49 bits per heavy atom. The molecule has 0 spiro atoms. The molecule has 1 aliphatic carbocycles. The summed E-state index contributed by atoms with van der Waals surface area (Å²) in [5.74, 6) is 1.58. The Hall–Kier alpha value is -2.35. The highest BCUT2D eigenvalue weighted by atomic mass is 32.2. The second-order valence-electron chi connectivity index (χ2n) is 11.4. The van der Waals surface area contributed by atoms with Crippen molar-refractivity contribution in [1.29, 1.82) is 0 Å². The van der Waals surface area contributed by atoms with Crippen LogP contribution in [0.25, 0.3) is 11.1 Å². The number of aryl methyl sites for hydroxylation is 1. The second-order valence-corrected chi connectivity index (χ2v) is 12.4. The minimum Gasteiger partial charge on any atom is -0.467 e. The first-order valence-corrected chi connectivity index (χ1v) is 16.5. The van der Waals surface area contributed by atoms with E-state index in [1.54, 1.807) is 11.8 Å². The molecular weight excluding hydrogens is 534 g/mol. The summed E-state index contributed by atoms with van der Waals surface area (Å²) in [6.07, 6.45) is 10.4. The van der Waals surface area contributed by atoms with Crippen molar-refractivity contribution in [3.8, 4) is 11.1 Å². The highest BCUT2D eigenvalue weighted by Gasteiger charge is 2.24. The van der Waals surface area contributed by atoms with Gasteiger partial charge in [-0.25, -0.2) is 4.79 Å². The fourth-order valence-corrected chi connectivity index (χ4v) is 6.06. The van der Waals surface area contributed by atoms with Gasteiger partial charge in [-0.05, 0) is 84.9 Å². The molecule has 0 aliphatic heterocycles. The molecule has 41 heavy (non-hydrogen) atoms. The first kappa shape index (κ1) is 33.2. The third-order valence-corrected chi connectivity index (χ3v) is 8.87. The number of esters is 1. The van der Waals surface area contributed by atoms with Gasteiger partial charge in [-0.3, -0.25) is 4.79 Å². The highest BCUT2D eigenvalue weighted by Crippen LogP contribution is 2.31. The van der Waals surface area contributed by atoms with Crippen LogP contribution in [0.4, 0.5) is 0 Å². The van der Waals surface area contributed by atoms with Gasteiger partial charge in [-0.15, -0.1) is 0 Å². The van der Waals surface area contributed by atoms with Gasteiger partial charge in [0.25, 0.3) is 5.91 Å². The summed E-state index contributed by atoms with van der Waals surface area (Å²) < 4.78 is 17.1. The molecule has 3 rings (SSSR count). The van der Waals surface area contributed by atoms with Crippen LogP contribution in [0.3, 0.4) is 0 Å². The molecule has 2 aromatic rings. The number of nitrogens with one attached hydrogen (secondary N) is 1.